The largest absolute Gasteiger partial charge is 0.458 e. The summed E-state index contributed by atoms with van der Waals surface area (Å²) in [5.74, 6) is 0.753. The highest BCUT2D eigenvalue weighted by atomic mass is 16.5. The number of anilines is 2. The van der Waals surface area contributed by atoms with Crippen LogP contribution in [-0.2, 0) is 4.79 Å². The molecule has 2 rings (SSSR count). The van der Waals surface area contributed by atoms with E-state index in [1.165, 1.54) is 0 Å². The monoisotopic (exact) mass is 356 g/mol. The summed E-state index contributed by atoms with van der Waals surface area (Å²) in [4.78, 5) is 15.6. The first-order valence-electron chi connectivity index (χ1n) is 7.77. The molecule has 9 heteroatoms. The van der Waals surface area contributed by atoms with Crippen LogP contribution in [0.2, 0.25) is 0 Å². The molecule has 1 amide bonds. The first-order valence-corrected chi connectivity index (χ1v) is 7.77. The molecule has 9 nitrogen and oxygen atoms in total. The van der Waals surface area contributed by atoms with Gasteiger partial charge in [0, 0.05) is 13.0 Å². The fourth-order valence-electron chi connectivity index (χ4n) is 1.88. The molecule has 136 valence electrons. The molecular formula is C17H20N6O3. The Kier molecular flexibility index (Phi) is 6.77. The molecule has 0 unspecified atom stereocenters. The number of carbonyl (C=O) groups excluding carboxylic acids is 1. The Hall–Kier alpha value is -3.30. The van der Waals surface area contributed by atoms with Gasteiger partial charge in [-0.15, -0.1) is 10.2 Å². The highest BCUT2D eigenvalue weighted by Gasteiger charge is 2.07. The number of hydrogen-bond donors (Lipinski definition) is 4. The predicted octanol–water partition coefficient (Wildman–Crippen LogP) is 2.25. The predicted molar refractivity (Wildman–Crippen MR) is 98.4 cm³/mol. The number of ether oxygens (including phenoxy) is 1. The third-order valence-corrected chi connectivity index (χ3v) is 3.10. The maximum absolute atomic E-state index is 11.5. The zero-order valence-corrected chi connectivity index (χ0v) is 14.1. The van der Waals surface area contributed by atoms with Crippen LogP contribution >= 0.6 is 0 Å². The van der Waals surface area contributed by atoms with Crippen LogP contribution in [0.1, 0.15) is 6.42 Å². The van der Waals surface area contributed by atoms with Crippen LogP contribution < -0.4 is 21.5 Å². The van der Waals surface area contributed by atoms with Crippen LogP contribution in [0, 0.1) is 0 Å². The van der Waals surface area contributed by atoms with Gasteiger partial charge < -0.3 is 26.6 Å². The molecule has 0 aliphatic rings. The van der Waals surface area contributed by atoms with Gasteiger partial charge >= 0.3 is 0 Å². The van der Waals surface area contributed by atoms with Crippen molar-refractivity contribution in [2.24, 2.45) is 16.0 Å². The number of nitrogens with two attached hydrogens (primary N) is 2. The van der Waals surface area contributed by atoms with Crippen LogP contribution in [0.15, 0.2) is 59.0 Å². The van der Waals surface area contributed by atoms with Gasteiger partial charge in [-0.05, 0) is 24.3 Å². The van der Waals surface area contributed by atoms with Gasteiger partial charge in [-0.1, -0.05) is 18.7 Å². The lowest BCUT2D eigenvalue weighted by Gasteiger charge is -2.08. The van der Waals surface area contributed by atoms with Crippen LogP contribution in [0.5, 0.6) is 5.75 Å². The normalized spacial score (nSPS) is 10.7. The fourth-order valence-corrected chi connectivity index (χ4v) is 1.88. The minimum Gasteiger partial charge on any atom is -0.458 e. The first kappa shape index (κ1) is 19.0. The Morgan fingerprint density at radius 3 is 2.65 bits per heavy atom. The summed E-state index contributed by atoms with van der Waals surface area (Å²) in [5.41, 5.74) is 11.9. The van der Waals surface area contributed by atoms with Crippen molar-refractivity contribution < 1.29 is 14.6 Å². The number of pyridine rings is 1. The molecule has 0 spiro atoms. The van der Waals surface area contributed by atoms with Crippen molar-refractivity contribution in [1.29, 1.82) is 0 Å². The van der Waals surface area contributed by atoms with Crippen LogP contribution in [0.4, 0.5) is 23.0 Å². The second-order valence-electron chi connectivity index (χ2n) is 5.15. The molecular weight excluding hydrogens is 336 g/mol. The average molecular weight is 356 g/mol. The number of nitrogens with one attached hydrogen (secondary N) is 1. The van der Waals surface area contributed by atoms with E-state index in [0.717, 1.165) is 0 Å². The molecule has 0 atom stereocenters. The molecule has 0 fully saturated rings. The summed E-state index contributed by atoms with van der Waals surface area (Å²) < 4.78 is 5.40. The molecule has 1 heterocycles. The number of azo groups is 1. The van der Waals surface area contributed by atoms with Gasteiger partial charge in [0.15, 0.2) is 11.6 Å². The van der Waals surface area contributed by atoms with Gasteiger partial charge in [-0.25, -0.2) is 4.98 Å². The maximum atomic E-state index is 11.5. The van der Waals surface area contributed by atoms with E-state index in [2.05, 4.69) is 27.1 Å². The molecule has 0 saturated carbocycles. The third kappa shape index (κ3) is 5.36. The minimum absolute atomic E-state index is 0.109. The van der Waals surface area contributed by atoms with E-state index in [0.29, 0.717) is 22.9 Å². The van der Waals surface area contributed by atoms with Crippen molar-refractivity contribution in [2.75, 3.05) is 24.2 Å². The Morgan fingerprint density at radius 2 is 1.96 bits per heavy atom. The summed E-state index contributed by atoms with van der Waals surface area (Å²) in [6.45, 7) is 3.51. The minimum atomic E-state index is -0.306. The highest BCUT2D eigenvalue weighted by Crippen LogP contribution is 2.31. The second kappa shape index (κ2) is 9.25. The zero-order valence-electron chi connectivity index (χ0n) is 14.1. The Bertz CT molecular complexity index is 822. The van der Waals surface area contributed by atoms with E-state index in [1.54, 1.807) is 36.4 Å². The number of benzene rings is 1. The standard InChI is InChI=1S/C17H20N6O3/c1-11(10-24)26-14-5-3-2-4-12(14)22-23-13-6-7-15(21-17(13)19)20-16(25)8-9-18/h2-7,24H,1,8-10,18H2,(H3,19,20,21,25)/b23-22+. The molecule has 1 aromatic carbocycles. The number of nitrogens with zero attached hydrogens (tertiary/aromatic N) is 3. The van der Waals surface area contributed by atoms with Crippen molar-refractivity contribution in [3.05, 3.63) is 48.7 Å². The van der Waals surface area contributed by atoms with E-state index in [4.69, 9.17) is 21.3 Å². The van der Waals surface area contributed by atoms with Crippen LogP contribution in [0.3, 0.4) is 0 Å². The number of para-hydroxylation sites is 1. The number of rotatable bonds is 8. The Labute approximate surface area is 150 Å². The molecule has 1 aromatic heterocycles. The number of aliphatic hydroxyl groups is 1. The van der Waals surface area contributed by atoms with Gasteiger partial charge in [0.05, 0.1) is 0 Å². The van der Waals surface area contributed by atoms with Crippen LogP contribution in [-0.4, -0.2) is 29.1 Å². The molecule has 0 radical (unpaired) electrons. The van der Waals surface area contributed by atoms with Crippen molar-refractivity contribution in [2.45, 2.75) is 6.42 Å². The Morgan fingerprint density at radius 1 is 1.23 bits per heavy atom. The summed E-state index contributed by atoms with van der Waals surface area (Å²) in [7, 11) is 0. The van der Waals surface area contributed by atoms with E-state index >= 15 is 0 Å². The van der Waals surface area contributed by atoms with Gasteiger partial charge in [-0.3, -0.25) is 4.79 Å². The lowest BCUT2D eigenvalue weighted by Crippen LogP contribution is -2.17. The first-order chi connectivity index (χ1) is 12.5. The van der Waals surface area contributed by atoms with Crippen molar-refractivity contribution in [3.8, 4) is 5.75 Å². The summed E-state index contributed by atoms with van der Waals surface area (Å²) in [5, 5.41) is 19.8. The molecule has 0 aliphatic heterocycles. The van der Waals surface area contributed by atoms with E-state index in [1.807, 2.05) is 0 Å². The summed E-state index contributed by atoms with van der Waals surface area (Å²) in [6.07, 6.45) is 0.193. The summed E-state index contributed by atoms with van der Waals surface area (Å²) in [6, 6.07) is 10.0. The quantitative estimate of drug-likeness (QED) is 0.421. The van der Waals surface area contributed by atoms with E-state index < -0.39 is 0 Å². The lowest BCUT2D eigenvalue weighted by molar-refractivity contribution is -0.116. The lowest BCUT2D eigenvalue weighted by atomic mass is 10.3. The molecule has 0 saturated heterocycles. The van der Waals surface area contributed by atoms with Crippen molar-refractivity contribution in [3.63, 3.8) is 0 Å². The number of amides is 1. The number of aliphatic hydroxyl groups excluding tert-OH is 1. The number of hydrogen-bond acceptors (Lipinski definition) is 8. The van der Waals surface area contributed by atoms with Gasteiger partial charge in [0.25, 0.3) is 0 Å². The van der Waals surface area contributed by atoms with Crippen molar-refractivity contribution in [1.82, 2.24) is 4.98 Å². The Balaban J connectivity index is 2.16. The average Bonchev–Trinajstić information content (AvgIpc) is 2.62. The van der Waals surface area contributed by atoms with Crippen molar-refractivity contribution >= 4 is 28.9 Å². The topological polar surface area (TPSA) is 148 Å². The number of carbonyl (C=O) groups is 1. The maximum Gasteiger partial charge on any atom is 0.226 e. The number of nitrogen functional groups attached to an aromatic ring is 1. The second-order valence-corrected chi connectivity index (χ2v) is 5.15. The molecule has 26 heavy (non-hydrogen) atoms. The number of aromatic nitrogens is 1. The smallest absolute Gasteiger partial charge is 0.226 e. The molecule has 0 aliphatic carbocycles. The third-order valence-electron chi connectivity index (χ3n) is 3.10. The highest BCUT2D eigenvalue weighted by molar-refractivity contribution is 5.90. The SMILES string of the molecule is C=C(CO)Oc1ccccc1/N=N/c1ccc(NC(=O)CCN)nc1N. The van der Waals surface area contributed by atoms with Crippen LogP contribution in [0.25, 0.3) is 0 Å². The van der Waals surface area contributed by atoms with E-state index in [9.17, 15) is 4.79 Å². The molecule has 0 bridgehead atoms. The van der Waals surface area contributed by atoms with Gasteiger partial charge in [0.2, 0.25) is 5.91 Å². The fraction of sp³-hybridized carbons (Fsp3) is 0.176. The zero-order chi connectivity index (χ0) is 18.9. The summed E-state index contributed by atoms with van der Waals surface area (Å²) >= 11 is 0. The van der Waals surface area contributed by atoms with Gasteiger partial charge in [0.1, 0.15) is 29.6 Å². The molecule has 6 N–H and O–H groups in total. The van der Waals surface area contributed by atoms with E-state index in [-0.39, 0.29) is 37.1 Å². The van der Waals surface area contributed by atoms with Gasteiger partial charge in [-0.2, -0.15) is 0 Å². The molecule has 2 aromatic rings.